The normalized spacial score (nSPS) is 10.4. The second-order valence-electron chi connectivity index (χ2n) is 6.35. The van der Waals surface area contributed by atoms with Gasteiger partial charge in [0.15, 0.2) is 0 Å². The van der Waals surface area contributed by atoms with Crippen molar-refractivity contribution >= 4 is 41.3 Å². The van der Waals surface area contributed by atoms with Gasteiger partial charge in [0.1, 0.15) is 11.5 Å². The summed E-state index contributed by atoms with van der Waals surface area (Å²) >= 11 is 5.80. The number of ether oxygens (including phenoxy) is 2. The van der Waals surface area contributed by atoms with Crippen molar-refractivity contribution in [3.8, 4) is 11.5 Å². The summed E-state index contributed by atoms with van der Waals surface area (Å²) < 4.78 is 10.3. The number of halogens is 1. The van der Waals surface area contributed by atoms with Gasteiger partial charge in [-0.25, -0.2) is 10.2 Å². The molecule has 0 fully saturated rings. The zero-order valence-corrected chi connectivity index (χ0v) is 17.6. The van der Waals surface area contributed by atoms with Gasteiger partial charge in [-0.2, -0.15) is 5.10 Å². The summed E-state index contributed by atoms with van der Waals surface area (Å²) in [5.41, 5.74) is 3.54. The highest BCUT2D eigenvalue weighted by molar-refractivity contribution is 6.39. The number of hydrazone groups is 1. The van der Waals surface area contributed by atoms with E-state index >= 15 is 0 Å². The zero-order chi connectivity index (χ0) is 22.9. The lowest BCUT2D eigenvalue weighted by Crippen LogP contribution is -2.32. The van der Waals surface area contributed by atoms with E-state index in [4.69, 9.17) is 21.1 Å². The Bertz CT molecular complexity index is 1150. The summed E-state index contributed by atoms with van der Waals surface area (Å²) in [6.07, 6.45) is 1.35. The van der Waals surface area contributed by atoms with Crippen LogP contribution in [0.2, 0.25) is 5.02 Å². The van der Waals surface area contributed by atoms with Gasteiger partial charge >= 0.3 is 17.8 Å². The van der Waals surface area contributed by atoms with Crippen LogP contribution in [0.4, 0.5) is 5.69 Å². The van der Waals surface area contributed by atoms with Gasteiger partial charge < -0.3 is 14.8 Å². The summed E-state index contributed by atoms with van der Waals surface area (Å²) in [4.78, 5) is 35.9. The van der Waals surface area contributed by atoms with Crippen LogP contribution in [-0.4, -0.2) is 31.1 Å². The molecule has 0 aromatic heterocycles. The summed E-state index contributed by atoms with van der Waals surface area (Å²) in [6, 6.07) is 19.4. The number of carbonyl (C=O) groups excluding carboxylic acids is 3. The lowest BCUT2D eigenvalue weighted by atomic mass is 10.2. The molecule has 0 saturated carbocycles. The first-order chi connectivity index (χ1) is 15.4. The summed E-state index contributed by atoms with van der Waals surface area (Å²) in [7, 11) is 1.50. The third-order valence-electron chi connectivity index (χ3n) is 4.08. The maximum atomic E-state index is 12.1. The van der Waals surface area contributed by atoms with Crippen molar-refractivity contribution in [1.29, 1.82) is 0 Å². The maximum Gasteiger partial charge on any atom is 0.343 e. The van der Waals surface area contributed by atoms with Crippen molar-refractivity contribution in [3.05, 3.63) is 88.9 Å². The van der Waals surface area contributed by atoms with E-state index in [0.29, 0.717) is 33.3 Å². The molecule has 0 saturated heterocycles. The molecule has 32 heavy (non-hydrogen) atoms. The van der Waals surface area contributed by atoms with E-state index in [2.05, 4.69) is 15.8 Å². The van der Waals surface area contributed by atoms with Gasteiger partial charge in [0, 0.05) is 16.8 Å². The van der Waals surface area contributed by atoms with Gasteiger partial charge in [0.05, 0.1) is 18.9 Å². The molecule has 0 aliphatic rings. The zero-order valence-electron chi connectivity index (χ0n) is 16.9. The van der Waals surface area contributed by atoms with Crippen molar-refractivity contribution in [1.82, 2.24) is 5.43 Å². The fourth-order valence-corrected chi connectivity index (χ4v) is 2.60. The summed E-state index contributed by atoms with van der Waals surface area (Å²) in [5.74, 6) is -1.44. The van der Waals surface area contributed by atoms with E-state index in [9.17, 15) is 14.4 Å². The number of nitrogens with zero attached hydrogens (tertiary/aromatic N) is 1. The Morgan fingerprint density at radius 2 is 1.62 bits per heavy atom. The molecular formula is C23H18ClN3O5. The first kappa shape index (κ1) is 22.5. The second kappa shape index (κ2) is 10.7. The van der Waals surface area contributed by atoms with E-state index in [1.54, 1.807) is 72.8 Å². The second-order valence-corrected chi connectivity index (χ2v) is 6.79. The molecule has 0 aliphatic heterocycles. The fourth-order valence-electron chi connectivity index (χ4n) is 2.48. The van der Waals surface area contributed by atoms with Crippen LogP contribution in [0.1, 0.15) is 15.9 Å². The van der Waals surface area contributed by atoms with E-state index in [-0.39, 0.29) is 0 Å². The van der Waals surface area contributed by atoms with Crippen molar-refractivity contribution in [2.75, 3.05) is 12.4 Å². The molecule has 0 spiro atoms. The SMILES string of the molecule is COc1cccc(NC(=O)C(=O)N/N=C\c2ccc(OC(=O)c3ccc(Cl)cc3)cc2)c1. The molecule has 0 unspecified atom stereocenters. The van der Waals surface area contributed by atoms with Crippen LogP contribution in [0, 0.1) is 0 Å². The number of esters is 1. The minimum atomic E-state index is -0.933. The maximum absolute atomic E-state index is 12.1. The Morgan fingerprint density at radius 3 is 2.31 bits per heavy atom. The van der Waals surface area contributed by atoms with Gasteiger partial charge in [-0.15, -0.1) is 0 Å². The van der Waals surface area contributed by atoms with Crippen LogP contribution in [0.5, 0.6) is 11.5 Å². The molecule has 0 atom stereocenters. The predicted molar refractivity (Wildman–Crippen MR) is 120 cm³/mol. The molecule has 0 bridgehead atoms. The highest BCUT2D eigenvalue weighted by atomic mass is 35.5. The third kappa shape index (κ3) is 6.41. The van der Waals surface area contributed by atoms with Crippen LogP contribution in [0.15, 0.2) is 77.9 Å². The van der Waals surface area contributed by atoms with Gasteiger partial charge in [-0.1, -0.05) is 17.7 Å². The molecule has 3 rings (SSSR count). The Balaban J connectivity index is 1.50. The standard InChI is InChI=1S/C23H18ClN3O5/c1-31-20-4-2-3-18(13-20)26-21(28)22(29)27-25-14-15-5-11-19(12-6-15)32-23(30)16-7-9-17(24)10-8-16/h2-14H,1H3,(H,26,28)(H,27,29)/b25-14-. The average Bonchev–Trinajstić information content (AvgIpc) is 2.80. The van der Waals surface area contributed by atoms with Crippen molar-refractivity contribution < 1.29 is 23.9 Å². The number of nitrogens with one attached hydrogen (secondary N) is 2. The molecule has 3 aromatic carbocycles. The Kier molecular flexibility index (Phi) is 7.55. The molecule has 162 valence electrons. The fraction of sp³-hybridized carbons (Fsp3) is 0.0435. The molecule has 2 amide bonds. The third-order valence-corrected chi connectivity index (χ3v) is 4.34. The highest BCUT2D eigenvalue weighted by Gasteiger charge is 2.13. The molecule has 8 nitrogen and oxygen atoms in total. The quantitative estimate of drug-likeness (QED) is 0.195. The van der Waals surface area contributed by atoms with Crippen molar-refractivity contribution in [2.45, 2.75) is 0 Å². The van der Waals surface area contributed by atoms with Crippen LogP contribution in [0.3, 0.4) is 0 Å². The Hall–Kier alpha value is -4.17. The van der Waals surface area contributed by atoms with E-state index in [1.807, 2.05) is 0 Å². The minimum absolute atomic E-state index is 0.337. The molecule has 3 aromatic rings. The largest absolute Gasteiger partial charge is 0.497 e. The average molecular weight is 452 g/mol. The molecular weight excluding hydrogens is 434 g/mol. The van der Waals surface area contributed by atoms with Gasteiger partial charge in [0.2, 0.25) is 0 Å². The number of carbonyl (C=O) groups is 3. The van der Waals surface area contributed by atoms with Crippen LogP contribution >= 0.6 is 11.6 Å². The Labute approximate surface area is 188 Å². The van der Waals surface area contributed by atoms with Crippen LogP contribution in [0.25, 0.3) is 0 Å². The molecule has 0 radical (unpaired) electrons. The molecule has 2 N–H and O–H groups in total. The molecule has 9 heteroatoms. The topological polar surface area (TPSA) is 106 Å². The predicted octanol–water partition coefficient (Wildman–Crippen LogP) is 3.66. The van der Waals surface area contributed by atoms with Crippen LogP contribution in [-0.2, 0) is 9.59 Å². The van der Waals surface area contributed by atoms with Crippen molar-refractivity contribution in [3.63, 3.8) is 0 Å². The van der Waals surface area contributed by atoms with Gasteiger partial charge in [0.25, 0.3) is 0 Å². The van der Waals surface area contributed by atoms with Crippen molar-refractivity contribution in [2.24, 2.45) is 5.10 Å². The minimum Gasteiger partial charge on any atom is -0.497 e. The number of anilines is 1. The highest BCUT2D eigenvalue weighted by Crippen LogP contribution is 2.17. The smallest absolute Gasteiger partial charge is 0.343 e. The first-order valence-electron chi connectivity index (χ1n) is 9.31. The number of hydrogen-bond acceptors (Lipinski definition) is 6. The number of hydrogen-bond donors (Lipinski definition) is 2. The monoisotopic (exact) mass is 451 g/mol. The Morgan fingerprint density at radius 1 is 0.906 bits per heavy atom. The number of amides is 2. The van der Waals surface area contributed by atoms with E-state index in [1.165, 1.54) is 13.3 Å². The van der Waals surface area contributed by atoms with E-state index in [0.717, 1.165) is 0 Å². The van der Waals surface area contributed by atoms with Gasteiger partial charge in [-0.05, 0) is 66.2 Å². The summed E-state index contributed by atoms with van der Waals surface area (Å²) in [5, 5.41) is 6.72. The molecule has 0 heterocycles. The number of methoxy groups -OCH3 is 1. The number of benzene rings is 3. The van der Waals surface area contributed by atoms with Crippen LogP contribution < -0.4 is 20.2 Å². The van der Waals surface area contributed by atoms with Gasteiger partial charge in [-0.3, -0.25) is 9.59 Å². The lowest BCUT2D eigenvalue weighted by molar-refractivity contribution is -0.136. The first-order valence-corrected chi connectivity index (χ1v) is 9.68. The lowest BCUT2D eigenvalue weighted by Gasteiger charge is -2.06. The van der Waals surface area contributed by atoms with E-state index < -0.39 is 17.8 Å². The molecule has 0 aliphatic carbocycles. The summed E-state index contributed by atoms with van der Waals surface area (Å²) in [6.45, 7) is 0. The number of rotatable bonds is 6.